The van der Waals surface area contributed by atoms with Crippen LogP contribution in [-0.4, -0.2) is 5.91 Å². The maximum atomic E-state index is 11.8. The Morgan fingerprint density at radius 2 is 0.894 bits per heavy atom. The SMILES string of the molecule is C=C(C)C(=O)NCc1cc[n+](Cc2cccc(C[n+]3ccc(-c4cc[n+](Cc5cccc(C[n+]6ccccc6)c5)cc4)cc3)c2)cc1. The first-order valence-corrected chi connectivity index (χ1v) is 16.0. The quantitative estimate of drug-likeness (QED) is 0.154. The molecule has 0 saturated heterocycles. The van der Waals surface area contributed by atoms with E-state index in [0.29, 0.717) is 12.1 Å². The summed E-state index contributed by atoms with van der Waals surface area (Å²) in [5.41, 5.74) is 9.06. The van der Waals surface area contributed by atoms with Gasteiger partial charge in [0.1, 0.15) is 0 Å². The van der Waals surface area contributed by atoms with Gasteiger partial charge < -0.3 is 5.32 Å². The van der Waals surface area contributed by atoms with E-state index in [1.807, 2.05) is 18.2 Å². The third kappa shape index (κ3) is 8.92. The molecule has 0 aliphatic carbocycles. The summed E-state index contributed by atoms with van der Waals surface area (Å²) >= 11 is 0. The number of nitrogens with one attached hydrogen (secondary N) is 1. The molecule has 0 bridgehead atoms. The second kappa shape index (κ2) is 15.0. The monoisotopic (exact) mass is 619 g/mol. The number of hydrogen-bond acceptors (Lipinski definition) is 1. The first kappa shape index (κ1) is 31.2. The average Bonchev–Trinajstić information content (AvgIpc) is 3.09. The molecule has 0 unspecified atom stereocenters. The normalized spacial score (nSPS) is 10.8. The molecule has 6 rings (SSSR count). The summed E-state index contributed by atoms with van der Waals surface area (Å²) in [5.74, 6) is -0.119. The first-order chi connectivity index (χ1) is 23.0. The van der Waals surface area contributed by atoms with Gasteiger partial charge in [0.05, 0.1) is 0 Å². The van der Waals surface area contributed by atoms with Gasteiger partial charge >= 0.3 is 0 Å². The van der Waals surface area contributed by atoms with Crippen molar-refractivity contribution in [2.45, 2.75) is 39.6 Å². The van der Waals surface area contributed by atoms with E-state index in [1.54, 1.807) is 6.92 Å². The van der Waals surface area contributed by atoms with Crippen LogP contribution in [0.1, 0.15) is 34.7 Å². The molecular weight excluding hydrogens is 578 g/mol. The van der Waals surface area contributed by atoms with Gasteiger partial charge in [0, 0.05) is 82.9 Å². The minimum Gasteiger partial charge on any atom is -0.348 e. The Bertz CT molecular complexity index is 1950. The predicted molar refractivity (Wildman–Crippen MR) is 181 cm³/mol. The number of aromatic nitrogens is 4. The highest BCUT2D eigenvalue weighted by Crippen LogP contribution is 2.16. The van der Waals surface area contributed by atoms with E-state index in [4.69, 9.17) is 0 Å². The molecule has 0 aliphatic heterocycles. The lowest BCUT2D eigenvalue weighted by Gasteiger charge is -2.05. The molecule has 0 fully saturated rings. The van der Waals surface area contributed by atoms with Crippen molar-refractivity contribution in [3.63, 3.8) is 0 Å². The highest BCUT2D eigenvalue weighted by Gasteiger charge is 2.11. The molecule has 6 aromatic rings. The predicted octanol–water partition coefficient (Wildman–Crippen LogP) is 4.89. The summed E-state index contributed by atoms with van der Waals surface area (Å²) in [7, 11) is 0. The molecule has 2 aromatic carbocycles. The van der Waals surface area contributed by atoms with Crippen LogP contribution in [0.3, 0.4) is 0 Å². The molecule has 0 aliphatic rings. The van der Waals surface area contributed by atoms with Crippen LogP contribution in [-0.2, 0) is 37.5 Å². The molecule has 0 atom stereocenters. The van der Waals surface area contributed by atoms with Crippen LogP contribution in [0.2, 0.25) is 0 Å². The van der Waals surface area contributed by atoms with Gasteiger partial charge in [-0.05, 0) is 35.7 Å². The first-order valence-electron chi connectivity index (χ1n) is 16.0. The van der Waals surface area contributed by atoms with Crippen molar-refractivity contribution in [2.24, 2.45) is 0 Å². The lowest BCUT2D eigenvalue weighted by atomic mass is 10.1. The molecule has 4 heterocycles. The lowest BCUT2D eigenvalue weighted by Crippen LogP contribution is -2.35. The molecule has 0 saturated carbocycles. The zero-order valence-corrected chi connectivity index (χ0v) is 26.9. The molecule has 6 nitrogen and oxygen atoms in total. The summed E-state index contributed by atoms with van der Waals surface area (Å²) < 4.78 is 8.79. The fourth-order valence-corrected chi connectivity index (χ4v) is 5.59. The highest BCUT2D eigenvalue weighted by atomic mass is 16.1. The van der Waals surface area contributed by atoms with Crippen molar-refractivity contribution < 1.29 is 23.1 Å². The van der Waals surface area contributed by atoms with Crippen molar-refractivity contribution in [3.8, 4) is 11.1 Å². The lowest BCUT2D eigenvalue weighted by molar-refractivity contribution is -0.689. The Balaban J connectivity index is 1.03. The summed E-state index contributed by atoms with van der Waals surface area (Å²) in [4.78, 5) is 11.8. The van der Waals surface area contributed by atoms with Gasteiger partial charge in [0.25, 0.3) is 0 Å². The Morgan fingerprint density at radius 3 is 1.30 bits per heavy atom. The van der Waals surface area contributed by atoms with Crippen LogP contribution in [0, 0.1) is 0 Å². The molecule has 4 aromatic heterocycles. The molecule has 1 amide bonds. The van der Waals surface area contributed by atoms with E-state index in [9.17, 15) is 4.79 Å². The van der Waals surface area contributed by atoms with Gasteiger partial charge in [0.15, 0.2) is 75.8 Å². The number of amides is 1. The van der Waals surface area contributed by atoms with Crippen LogP contribution in [0.15, 0.2) is 165 Å². The van der Waals surface area contributed by atoms with E-state index in [0.717, 1.165) is 31.7 Å². The van der Waals surface area contributed by atoms with Crippen LogP contribution in [0.25, 0.3) is 11.1 Å². The van der Waals surface area contributed by atoms with E-state index in [1.165, 1.54) is 33.4 Å². The highest BCUT2D eigenvalue weighted by molar-refractivity contribution is 5.91. The summed E-state index contributed by atoms with van der Waals surface area (Å²) in [5, 5.41) is 2.88. The maximum absolute atomic E-state index is 11.8. The van der Waals surface area contributed by atoms with Crippen LogP contribution in [0.4, 0.5) is 0 Å². The average molecular weight is 620 g/mol. The molecular formula is C41H41N5O+4. The fourth-order valence-electron chi connectivity index (χ4n) is 5.59. The molecule has 1 N–H and O–H groups in total. The zero-order chi connectivity index (χ0) is 32.4. The number of rotatable bonds is 12. The third-order valence-corrected chi connectivity index (χ3v) is 8.14. The van der Waals surface area contributed by atoms with Crippen LogP contribution in [0.5, 0.6) is 0 Å². The molecule has 0 spiro atoms. The van der Waals surface area contributed by atoms with Gasteiger partial charge in [0.2, 0.25) is 5.91 Å². The number of pyridine rings is 4. The standard InChI is InChI=1S/C41H40N5O/c1-33(2)41(47)42-28-34-12-20-44(21-13-34)30-36-9-7-11-38(27-36)32-46-24-16-40(17-25-46)39-14-22-45(23-15-39)31-37-10-6-8-35(26-37)29-43-18-4-3-5-19-43/h3-27H,1,28-32H2,2H3/q+3/p+1. The summed E-state index contributed by atoms with van der Waals surface area (Å²) in [6, 6.07) is 36.5. The second-order valence-electron chi connectivity index (χ2n) is 12.0. The number of carbonyl (C=O) groups is 1. The van der Waals surface area contributed by atoms with Gasteiger partial charge in [-0.25, -0.2) is 18.3 Å². The van der Waals surface area contributed by atoms with Crippen molar-refractivity contribution >= 4 is 5.91 Å². The molecule has 232 valence electrons. The third-order valence-electron chi connectivity index (χ3n) is 8.14. The molecule has 6 heteroatoms. The number of hydrogen-bond donors (Lipinski definition) is 1. The maximum Gasteiger partial charge on any atom is 0.246 e. The minimum absolute atomic E-state index is 0.119. The number of nitrogens with zero attached hydrogens (tertiary/aromatic N) is 4. The smallest absolute Gasteiger partial charge is 0.246 e. The van der Waals surface area contributed by atoms with E-state index in [2.05, 4.69) is 165 Å². The fraction of sp³-hybridized carbons (Fsp3) is 0.146. The Labute approximate surface area is 277 Å². The number of carbonyl (C=O) groups excluding carboxylic acids is 1. The second-order valence-corrected chi connectivity index (χ2v) is 12.0. The van der Waals surface area contributed by atoms with Crippen molar-refractivity contribution in [2.75, 3.05) is 0 Å². The van der Waals surface area contributed by atoms with Crippen molar-refractivity contribution in [1.29, 1.82) is 0 Å². The van der Waals surface area contributed by atoms with Gasteiger partial charge in [-0.3, -0.25) is 4.79 Å². The van der Waals surface area contributed by atoms with Gasteiger partial charge in [-0.2, -0.15) is 0 Å². The zero-order valence-electron chi connectivity index (χ0n) is 26.9. The summed E-state index contributed by atoms with van der Waals surface area (Å²) in [6.07, 6.45) is 16.9. The Morgan fingerprint density at radius 1 is 0.511 bits per heavy atom. The minimum atomic E-state index is -0.119. The summed E-state index contributed by atoms with van der Waals surface area (Å²) in [6.45, 7) is 9.17. The molecule has 47 heavy (non-hydrogen) atoms. The van der Waals surface area contributed by atoms with E-state index >= 15 is 0 Å². The Hall–Kier alpha value is -5.75. The van der Waals surface area contributed by atoms with Crippen molar-refractivity contribution in [1.82, 2.24) is 5.32 Å². The van der Waals surface area contributed by atoms with Gasteiger partial charge in [-0.1, -0.05) is 49.0 Å². The topological polar surface area (TPSA) is 44.6 Å². The molecule has 0 radical (unpaired) electrons. The van der Waals surface area contributed by atoms with Gasteiger partial charge in [-0.15, -0.1) is 0 Å². The van der Waals surface area contributed by atoms with Crippen LogP contribution < -0.4 is 23.6 Å². The van der Waals surface area contributed by atoms with Crippen molar-refractivity contribution in [3.05, 3.63) is 193 Å². The van der Waals surface area contributed by atoms with E-state index in [-0.39, 0.29) is 5.91 Å². The number of benzene rings is 2. The Kier molecular flexibility index (Phi) is 9.98. The van der Waals surface area contributed by atoms with Crippen LogP contribution >= 0.6 is 0 Å². The largest absolute Gasteiger partial charge is 0.348 e. The van der Waals surface area contributed by atoms with E-state index < -0.39 is 0 Å².